The normalized spacial score (nSPS) is 10.5. The van der Waals surface area contributed by atoms with Crippen LogP contribution in [0.1, 0.15) is 19.0 Å². The maximum Gasteiger partial charge on any atom is 0.213 e. The van der Waals surface area contributed by atoms with Gasteiger partial charge >= 0.3 is 0 Å². The highest BCUT2D eigenvalue weighted by Crippen LogP contribution is 2.09. The standard InChI is InChI=1S/C12H19N3OS/c1-3-15(8-7-11(13)17)9-10-5-4-6-12(14-10)16-2/h4-6H,3,7-9H2,1-2H3,(H2,13,17). The van der Waals surface area contributed by atoms with Gasteiger partial charge in [-0.05, 0) is 12.6 Å². The third kappa shape index (κ3) is 5.10. The molecule has 0 aromatic carbocycles. The SMILES string of the molecule is CCN(CCC(N)=S)Cc1cccc(OC)n1. The van der Waals surface area contributed by atoms with Gasteiger partial charge in [-0.15, -0.1) is 0 Å². The van der Waals surface area contributed by atoms with E-state index in [9.17, 15) is 0 Å². The number of ether oxygens (including phenoxy) is 1. The van der Waals surface area contributed by atoms with Crippen LogP contribution in [0, 0.1) is 0 Å². The van der Waals surface area contributed by atoms with Gasteiger partial charge in [-0.1, -0.05) is 25.2 Å². The Labute approximate surface area is 108 Å². The molecule has 0 spiro atoms. The topological polar surface area (TPSA) is 51.4 Å². The summed E-state index contributed by atoms with van der Waals surface area (Å²) in [6.45, 7) is 4.71. The number of pyridine rings is 1. The predicted octanol–water partition coefficient (Wildman–Crippen LogP) is 1.59. The van der Waals surface area contributed by atoms with Crippen molar-refractivity contribution in [3.05, 3.63) is 23.9 Å². The summed E-state index contributed by atoms with van der Waals surface area (Å²) in [5, 5.41) is 0. The first-order valence-electron chi connectivity index (χ1n) is 5.66. The molecule has 0 radical (unpaired) electrons. The van der Waals surface area contributed by atoms with Crippen LogP contribution in [0.25, 0.3) is 0 Å². The first-order chi connectivity index (χ1) is 8.15. The molecule has 0 unspecified atom stereocenters. The van der Waals surface area contributed by atoms with Gasteiger partial charge in [0.15, 0.2) is 0 Å². The van der Waals surface area contributed by atoms with Gasteiger partial charge in [-0.25, -0.2) is 4.98 Å². The van der Waals surface area contributed by atoms with Gasteiger partial charge in [-0.2, -0.15) is 0 Å². The molecular formula is C12H19N3OS. The Kier molecular flexibility index (Phi) is 5.86. The lowest BCUT2D eigenvalue weighted by atomic mass is 10.3. The lowest BCUT2D eigenvalue weighted by Gasteiger charge is -2.19. The molecule has 0 saturated carbocycles. The lowest BCUT2D eigenvalue weighted by molar-refractivity contribution is 0.283. The van der Waals surface area contributed by atoms with Crippen LogP contribution in [0.4, 0.5) is 0 Å². The van der Waals surface area contributed by atoms with Gasteiger partial charge in [-0.3, -0.25) is 4.90 Å². The van der Waals surface area contributed by atoms with E-state index in [1.165, 1.54) is 0 Å². The highest BCUT2D eigenvalue weighted by molar-refractivity contribution is 7.80. The fraction of sp³-hybridized carbons (Fsp3) is 0.500. The summed E-state index contributed by atoms with van der Waals surface area (Å²) in [5.74, 6) is 0.646. The molecule has 1 aromatic rings. The van der Waals surface area contributed by atoms with Gasteiger partial charge < -0.3 is 10.5 Å². The molecular weight excluding hydrogens is 234 g/mol. The number of hydrogen-bond donors (Lipinski definition) is 1. The van der Waals surface area contributed by atoms with Crippen LogP contribution < -0.4 is 10.5 Å². The van der Waals surface area contributed by atoms with Gasteiger partial charge in [0.2, 0.25) is 5.88 Å². The van der Waals surface area contributed by atoms with E-state index in [1.807, 2.05) is 18.2 Å². The number of aromatic nitrogens is 1. The smallest absolute Gasteiger partial charge is 0.213 e. The zero-order valence-electron chi connectivity index (χ0n) is 10.3. The summed E-state index contributed by atoms with van der Waals surface area (Å²) in [5.41, 5.74) is 6.50. The molecule has 0 aliphatic heterocycles. The van der Waals surface area contributed by atoms with E-state index in [2.05, 4.69) is 16.8 Å². The molecule has 0 atom stereocenters. The molecule has 0 aliphatic rings. The summed E-state index contributed by atoms with van der Waals surface area (Å²) in [6, 6.07) is 5.78. The van der Waals surface area contributed by atoms with Crippen molar-refractivity contribution in [2.75, 3.05) is 20.2 Å². The Hall–Kier alpha value is -1.20. The minimum absolute atomic E-state index is 0.557. The predicted molar refractivity (Wildman–Crippen MR) is 73.1 cm³/mol. The Morgan fingerprint density at radius 1 is 1.53 bits per heavy atom. The van der Waals surface area contributed by atoms with Crippen molar-refractivity contribution >= 4 is 17.2 Å². The number of rotatable bonds is 7. The molecule has 0 aliphatic carbocycles. The molecule has 2 N–H and O–H groups in total. The van der Waals surface area contributed by atoms with E-state index in [0.29, 0.717) is 10.9 Å². The van der Waals surface area contributed by atoms with Crippen molar-refractivity contribution in [1.82, 2.24) is 9.88 Å². The number of nitrogens with two attached hydrogens (primary N) is 1. The van der Waals surface area contributed by atoms with Crippen molar-refractivity contribution in [3.63, 3.8) is 0 Å². The Morgan fingerprint density at radius 2 is 2.29 bits per heavy atom. The first kappa shape index (κ1) is 13.9. The largest absolute Gasteiger partial charge is 0.481 e. The van der Waals surface area contributed by atoms with Crippen LogP contribution in [0.2, 0.25) is 0 Å². The highest BCUT2D eigenvalue weighted by atomic mass is 32.1. The summed E-state index contributed by atoms with van der Waals surface area (Å²) >= 11 is 4.88. The van der Waals surface area contributed by atoms with Crippen molar-refractivity contribution in [1.29, 1.82) is 0 Å². The molecule has 0 bridgehead atoms. The third-order valence-electron chi connectivity index (χ3n) is 2.50. The fourth-order valence-electron chi connectivity index (χ4n) is 1.51. The Bertz CT molecular complexity index is 371. The maximum absolute atomic E-state index is 5.50. The minimum Gasteiger partial charge on any atom is -0.481 e. The summed E-state index contributed by atoms with van der Waals surface area (Å²) in [7, 11) is 1.62. The van der Waals surface area contributed by atoms with Crippen LogP contribution in [-0.2, 0) is 6.54 Å². The van der Waals surface area contributed by atoms with Crippen molar-refractivity contribution in [3.8, 4) is 5.88 Å². The van der Waals surface area contributed by atoms with Crippen molar-refractivity contribution in [2.24, 2.45) is 5.73 Å². The van der Waals surface area contributed by atoms with Gasteiger partial charge in [0.05, 0.1) is 17.8 Å². The number of thiocarbonyl (C=S) groups is 1. The van der Waals surface area contributed by atoms with Crippen molar-refractivity contribution in [2.45, 2.75) is 19.9 Å². The summed E-state index contributed by atoms with van der Waals surface area (Å²) < 4.78 is 5.10. The molecule has 5 heteroatoms. The van der Waals surface area contributed by atoms with Crippen molar-refractivity contribution < 1.29 is 4.74 Å². The highest BCUT2D eigenvalue weighted by Gasteiger charge is 2.06. The fourth-order valence-corrected chi connectivity index (χ4v) is 1.60. The summed E-state index contributed by atoms with van der Waals surface area (Å²) in [4.78, 5) is 7.19. The van der Waals surface area contributed by atoms with E-state index in [-0.39, 0.29) is 0 Å². The van der Waals surface area contributed by atoms with E-state index in [4.69, 9.17) is 22.7 Å². The monoisotopic (exact) mass is 253 g/mol. The van der Waals surface area contributed by atoms with Gasteiger partial charge in [0.25, 0.3) is 0 Å². The average Bonchev–Trinajstić information content (AvgIpc) is 2.34. The average molecular weight is 253 g/mol. The first-order valence-corrected chi connectivity index (χ1v) is 6.07. The van der Waals surface area contributed by atoms with Crippen LogP contribution >= 0.6 is 12.2 Å². The molecule has 1 aromatic heterocycles. The number of nitrogens with zero attached hydrogens (tertiary/aromatic N) is 2. The zero-order valence-corrected chi connectivity index (χ0v) is 11.2. The second-order valence-corrected chi connectivity index (χ2v) is 4.28. The van der Waals surface area contributed by atoms with Crippen LogP contribution in [0.15, 0.2) is 18.2 Å². The quantitative estimate of drug-likeness (QED) is 0.748. The molecule has 4 nitrogen and oxygen atoms in total. The molecule has 1 rings (SSSR count). The maximum atomic E-state index is 5.50. The molecule has 94 valence electrons. The second kappa shape index (κ2) is 7.19. The van der Waals surface area contributed by atoms with E-state index in [0.717, 1.165) is 31.7 Å². The second-order valence-electron chi connectivity index (χ2n) is 3.76. The Balaban J connectivity index is 2.56. The van der Waals surface area contributed by atoms with E-state index < -0.39 is 0 Å². The van der Waals surface area contributed by atoms with Crippen LogP contribution in [0.3, 0.4) is 0 Å². The molecule has 1 heterocycles. The molecule has 17 heavy (non-hydrogen) atoms. The van der Waals surface area contributed by atoms with E-state index >= 15 is 0 Å². The zero-order chi connectivity index (χ0) is 12.7. The molecule has 0 fully saturated rings. The van der Waals surface area contributed by atoms with E-state index in [1.54, 1.807) is 7.11 Å². The van der Waals surface area contributed by atoms with Crippen LogP contribution in [0.5, 0.6) is 5.88 Å². The third-order valence-corrected chi connectivity index (χ3v) is 2.70. The van der Waals surface area contributed by atoms with Gasteiger partial charge in [0, 0.05) is 25.6 Å². The summed E-state index contributed by atoms with van der Waals surface area (Å²) in [6.07, 6.45) is 0.743. The van der Waals surface area contributed by atoms with Gasteiger partial charge in [0.1, 0.15) is 0 Å². The molecule has 0 amide bonds. The van der Waals surface area contributed by atoms with Crippen LogP contribution in [-0.4, -0.2) is 35.1 Å². The number of methoxy groups -OCH3 is 1. The molecule has 0 saturated heterocycles. The lowest BCUT2D eigenvalue weighted by Crippen LogP contribution is -2.27. The number of hydrogen-bond acceptors (Lipinski definition) is 4. The minimum atomic E-state index is 0.557. The Morgan fingerprint density at radius 3 is 2.88 bits per heavy atom.